The summed E-state index contributed by atoms with van der Waals surface area (Å²) in [6.45, 7) is 7.21. The number of hydrogen-bond donors (Lipinski definition) is 1. The maximum Gasteiger partial charge on any atom is 0.121 e. The molecule has 1 aliphatic rings. The highest BCUT2D eigenvalue weighted by atomic mass is 16.5. The fourth-order valence-electron chi connectivity index (χ4n) is 2.56. The number of hydrogen-bond acceptors (Lipinski definition) is 3. The van der Waals surface area contributed by atoms with Crippen molar-refractivity contribution in [3.8, 4) is 5.75 Å². The lowest BCUT2D eigenvalue weighted by Crippen LogP contribution is -2.40. The van der Waals surface area contributed by atoms with Crippen molar-refractivity contribution in [3.05, 3.63) is 23.8 Å². The van der Waals surface area contributed by atoms with Crippen LogP contribution in [0.5, 0.6) is 5.75 Å². The van der Waals surface area contributed by atoms with Gasteiger partial charge in [-0.3, -0.25) is 0 Å². The summed E-state index contributed by atoms with van der Waals surface area (Å²) in [4.78, 5) is 0. The molecular formula is C15H23NO2. The summed E-state index contributed by atoms with van der Waals surface area (Å²) >= 11 is 0. The molecule has 1 aromatic carbocycles. The zero-order valence-corrected chi connectivity index (χ0v) is 11.7. The number of benzene rings is 1. The quantitative estimate of drug-likeness (QED) is 0.891. The Balaban J connectivity index is 2.03. The van der Waals surface area contributed by atoms with E-state index in [1.165, 1.54) is 0 Å². The molecule has 100 valence electrons. The van der Waals surface area contributed by atoms with Gasteiger partial charge in [0.2, 0.25) is 0 Å². The van der Waals surface area contributed by atoms with Gasteiger partial charge in [-0.1, -0.05) is 0 Å². The lowest BCUT2D eigenvalue weighted by molar-refractivity contribution is -0.0553. The van der Waals surface area contributed by atoms with Crippen molar-refractivity contribution in [2.45, 2.75) is 45.3 Å². The van der Waals surface area contributed by atoms with E-state index in [9.17, 15) is 0 Å². The monoisotopic (exact) mass is 249 g/mol. The summed E-state index contributed by atoms with van der Waals surface area (Å²) in [5.41, 5.74) is 2.31. The molecule has 0 aromatic heterocycles. The fourth-order valence-corrected chi connectivity index (χ4v) is 2.56. The summed E-state index contributed by atoms with van der Waals surface area (Å²) < 4.78 is 11.0. The van der Waals surface area contributed by atoms with Gasteiger partial charge in [-0.05, 0) is 57.4 Å². The van der Waals surface area contributed by atoms with E-state index in [-0.39, 0.29) is 5.60 Å². The summed E-state index contributed by atoms with van der Waals surface area (Å²) in [5.74, 6) is 0.938. The Morgan fingerprint density at radius 2 is 2.17 bits per heavy atom. The lowest BCUT2D eigenvalue weighted by Gasteiger charge is -2.36. The molecule has 3 heteroatoms. The minimum Gasteiger partial charge on any atom is -0.496 e. The molecule has 0 bridgehead atoms. The van der Waals surface area contributed by atoms with Gasteiger partial charge in [-0.2, -0.15) is 0 Å². The van der Waals surface area contributed by atoms with Crippen molar-refractivity contribution in [2.24, 2.45) is 0 Å². The standard InChI is InChI=1S/C15H23NO2/c1-11-9-12(5-6-14(11)17-4)16-13-7-8-18-15(2,3)10-13/h5-6,9,13,16H,7-8,10H2,1-4H3. The first kappa shape index (κ1) is 13.2. The first-order valence-corrected chi connectivity index (χ1v) is 6.55. The topological polar surface area (TPSA) is 30.5 Å². The third-order valence-electron chi connectivity index (χ3n) is 3.46. The molecule has 0 radical (unpaired) electrons. The zero-order chi connectivity index (χ0) is 13.2. The Morgan fingerprint density at radius 1 is 1.39 bits per heavy atom. The highest BCUT2D eigenvalue weighted by Gasteiger charge is 2.28. The van der Waals surface area contributed by atoms with Gasteiger partial charge in [0.25, 0.3) is 0 Å². The van der Waals surface area contributed by atoms with Crippen molar-refractivity contribution in [2.75, 3.05) is 19.0 Å². The van der Waals surface area contributed by atoms with Crippen molar-refractivity contribution in [1.29, 1.82) is 0 Å². The molecule has 2 rings (SSSR count). The summed E-state index contributed by atoms with van der Waals surface area (Å²) in [6.07, 6.45) is 2.10. The molecule has 1 heterocycles. The van der Waals surface area contributed by atoms with Gasteiger partial charge >= 0.3 is 0 Å². The van der Waals surface area contributed by atoms with Crippen molar-refractivity contribution >= 4 is 5.69 Å². The van der Waals surface area contributed by atoms with Crippen LogP contribution in [0.2, 0.25) is 0 Å². The Hall–Kier alpha value is -1.22. The van der Waals surface area contributed by atoms with E-state index in [2.05, 4.69) is 38.2 Å². The number of methoxy groups -OCH3 is 1. The molecule has 1 unspecified atom stereocenters. The van der Waals surface area contributed by atoms with E-state index >= 15 is 0 Å². The Bertz CT molecular complexity index is 415. The van der Waals surface area contributed by atoms with Gasteiger partial charge in [0.1, 0.15) is 5.75 Å². The van der Waals surface area contributed by atoms with E-state index in [4.69, 9.17) is 9.47 Å². The first-order chi connectivity index (χ1) is 8.50. The molecule has 1 aromatic rings. The molecule has 3 nitrogen and oxygen atoms in total. The van der Waals surface area contributed by atoms with Gasteiger partial charge in [0, 0.05) is 18.3 Å². The molecule has 1 atom stereocenters. The average molecular weight is 249 g/mol. The SMILES string of the molecule is COc1ccc(NC2CCOC(C)(C)C2)cc1C. The number of aryl methyl sites for hydroxylation is 1. The number of rotatable bonds is 3. The highest BCUT2D eigenvalue weighted by Crippen LogP contribution is 2.28. The predicted octanol–water partition coefficient (Wildman–Crippen LogP) is 3.37. The van der Waals surface area contributed by atoms with Gasteiger partial charge < -0.3 is 14.8 Å². The average Bonchev–Trinajstić information content (AvgIpc) is 2.28. The molecule has 0 spiro atoms. The molecular weight excluding hydrogens is 226 g/mol. The normalized spacial score (nSPS) is 22.6. The smallest absolute Gasteiger partial charge is 0.121 e. The minimum atomic E-state index is -0.0164. The van der Waals surface area contributed by atoms with Crippen LogP contribution in [-0.2, 0) is 4.74 Å². The molecule has 1 saturated heterocycles. The third-order valence-corrected chi connectivity index (χ3v) is 3.46. The Morgan fingerprint density at radius 3 is 2.78 bits per heavy atom. The van der Waals surface area contributed by atoms with E-state index in [1.54, 1.807) is 7.11 Å². The Kier molecular flexibility index (Phi) is 3.81. The van der Waals surface area contributed by atoms with Crippen LogP contribution < -0.4 is 10.1 Å². The van der Waals surface area contributed by atoms with Crippen LogP contribution in [-0.4, -0.2) is 25.4 Å². The molecule has 1 fully saturated rings. The molecule has 0 saturated carbocycles. The van der Waals surface area contributed by atoms with Crippen LogP contribution in [0.1, 0.15) is 32.3 Å². The fraction of sp³-hybridized carbons (Fsp3) is 0.600. The van der Waals surface area contributed by atoms with Crippen molar-refractivity contribution in [3.63, 3.8) is 0 Å². The predicted molar refractivity (Wildman–Crippen MR) is 74.4 cm³/mol. The van der Waals surface area contributed by atoms with Crippen molar-refractivity contribution < 1.29 is 9.47 Å². The second kappa shape index (κ2) is 5.19. The number of ether oxygens (including phenoxy) is 2. The summed E-state index contributed by atoms with van der Waals surface area (Å²) in [5, 5.41) is 3.59. The van der Waals surface area contributed by atoms with E-state index in [0.29, 0.717) is 6.04 Å². The Labute approximate surface area is 109 Å². The lowest BCUT2D eigenvalue weighted by atomic mass is 9.94. The van der Waals surface area contributed by atoms with E-state index in [1.807, 2.05) is 6.07 Å². The molecule has 1 aliphatic heterocycles. The van der Waals surface area contributed by atoms with Gasteiger partial charge in [0.15, 0.2) is 0 Å². The van der Waals surface area contributed by atoms with Crippen molar-refractivity contribution in [1.82, 2.24) is 0 Å². The molecule has 0 aliphatic carbocycles. The van der Waals surface area contributed by atoms with E-state index < -0.39 is 0 Å². The van der Waals surface area contributed by atoms with Crippen LogP contribution in [0, 0.1) is 6.92 Å². The number of anilines is 1. The number of nitrogens with one attached hydrogen (secondary N) is 1. The molecule has 1 N–H and O–H groups in total. The maximum absolute atomic E-state index is 5.73. The van der Waals surface area contributed by atoms with Gasteiger partial charge in [-0.15, -0.1) is 0 Å². The first-order valence-electron chi connectivity index (χ1n) is 6.55. The van der Waals surface area contributed by atoms with Crippen LogP contribution in [0.15, 0.2) is 18.2 Å². The maximum atomic E-state index is 5.73. The van der Waals surface area contributed by atoms with Crippen LogP contribution in [0.4, 0.5) is 5.69 Å². The largest absolute Gasteiger partial charge is 0.496 e. The second-order valence-corrected chi connectivity index (χ2v) is 5.63. The summed E-state index contributed by atoms with van der Waals surface area (Å²) in [6, 6.07) is 6.72. The van der Waals surface area contributed by atoms with Gasteiger partial charge in [0.05, 0.1) is 12.7 Å². The summed E-state index contributed by atoms with van der Waals surface area (Å²) in [7, 11) is 1.70. The van der Waals surface area contributed by atoms with Crippen LogP contribution in [0.25, 0.3) is 0 Å². The van der Waals surface area contributed by atoms with Crippen LogP contribution >= 0.6 is 0 Å². The molecule has 0 amide bonds. The third kappa shape index (κ3) is 3.16. The zero-order valence-electron chi connectivity index (χ0n) is 11.7. The second-order valence-electron chi connectivity index (χ2n) is 5.63. The van der Waals surface area contributed by atoms with E-state index in [0.717, 1.165) is 36.4 Å². The minimum absolute atomic E-state index is 0.0164. The molecule has 18 heavy (non-hydrogen) atoms. The van der Waals surface area contributed by atoms with Crippen LogP contribution in [0.3, 0.4) is 0 Å². The van der Waals surface area contributed by atoms with Gasteiger partial charge in [-0.25, -0.2) is 0 Å². The highest BCUT2D eigenvalue weighted by molar-refractivity contribution is 5.51.